The molecule has 0 saturated carbocycles. The third-order valence-corrected chi connectivity index (χ3v) is 9.47. The van der Waals surface area contributed by atoms with Gasteiger partial charge in [-0.2, -0.15) is 9.59 Å². The third-order valence-electron chi connectivity index (χ3n) is 9.47. The molecule has 0 radical (unpaired) electrons. The van der Waals surface area contributed by atoms with Crippen LogP contribution in [0.4, 0.5) is 0 Å². The number of aliphatic hydroxyl groups excluding tert-OH is 1. The standard InChI is InChI=1S/C31H46N6O8.CO2/c1-8-21-25(38)15(3)24(35-37-33)30(42-21)44-26-17(5)28(43-29(39)20-13-11-10-12-14-20)31(41-19(26)7)45-27-16(4)23(34-36-32)18(6)40-22(27)9-2;2-1-3/h10-19,21-28,30-31,38H,8-9H2,1-7H3;/t15-,16-,17+,18-,19?,21?,22?,23?,24?,25+,26+,27+,28?,30-,31-;/m1./s1. The summed E-state index contributed by atoms with van der Waals surface area (Å²) in [5.74, 6) is -1.67. The third kappa shape index (κ3) is 8.91. The van der Waals surface area contributed by atoms with Crippen molar-refractivity contribution in [2.75, 3.05) is 0 Å². The summed E-state index contributed by atoms with van der Waals surface area (Å²) >= 11 is 0. The van der Waals surface area contributed by atoms with E-state index in [0.717, 1.165) is 0 Å². The van der Waals surface area contributed by atoms with Crippen LogP contribution in [0.3, 0.4) is 0 Å². The summed E-state index contributed by atoms with van der Waals surface area (Å²) in [6.45, 7) is 13.2. The van der Waals surface area contributed by atoms with Crippen LogP contribution in [0.15, 0.2) is 40.6 Å². The van der Waals surface area contributed by atoms with E-state index in [0.29, 0.717) is 18.4 Å². The fourth-order valence-electron chi connectivity index (χ4n) is 6.80. The maximum atomic E-state index is 13.4. The molecule has 0 bridgehead atoms. The molecule has 4 rings (SSSR count). The normalized spacial score (nSPS) is 39.3. The van der Waals surface area contributed by atoms with Crippen molar-refractivity contribution >= 4 is 12.1 Å². The molecular weight excluding hydrogens is 628 g/mol. The molecule has 3 aliphatic heterocycles. The van der Waals surface area contributed by atoms with Crippen molar-refractivity contribution in [3.63, 3.8) is 0 Å². The fraction of sp³-hybridized carbons (Fsp3) is 0.750. The van der Waals surface area contributed by atoms with Crippen LogP contribution in [-0.4, -0.2) is 90.7 Å². The first-order chi connectivity index (χ1) is 23.0. The molecule has 3 aliphatic rings. The number of azide groups is 2. The lowest BCUT2D eigenvalue weighted by atomic mass is 9.85. The minimum atomic E-state index is -1.00. The fourth-order valence-corrected chi connectivity index (χ4v) is 6.80. The van der Waals surface area contributed by atoms with Gasteiger partial charge in [-0.3, -0.25) is 0 Å². The van der Waals surface area contributed by atoms with Gasteiger partial charge in [0.25, 0.3) is 0 Å². The molecule has 1 N–H and O–H groups in total. The number of benzene rings is 1. The minimum Gasteiger partial charge on any atom is -0.453 e. The quantitative estimate of drug-likeness (QED) is 0.149. The maximum absolute atomic E-state index is 13.4. The van der Waals surface area contributed by atoms with Crippen molar-refractivity contribution in [3.05, 3.63) is 56.8 Å². The Balaban J connectivity index is 0.00000201. The van der Waals surface area contributed by atoms with Gasteiger partial charge in [-0.25, -0.2) is 4.79 Å². The van der Waals surface area contributed by atoms with Crippen molar-refractivity contribution in [1.82, 2.24) is 0 Å². The Labute approximate surface area is 279 Å². The van der Waals surface area contributed by atoms with Crippen molar-refractivity contribution in [2.24, 2.45) is 28.0 Å². The summed E-state index contributed by atoms with van der Waals surface area (Å²) in [6, 6.07) is 7.37. The summed E-state index contributed by atoms with van der Waals surface area (Å²) in [7, 11) is 0. The first-order valence-electron chi connectivity index (χ1n) is 16.3. The average molecular weight is 675 g/mol. The van der Waals surface area contributed by atoms with Gasteiger partial charge in [0.1, 0.15) is 0 Å². The van der Waals surface area contributed by atoms with Crippen molar-refractivity contribution < 1.29 is 47.9 Å². The van der Waals surface area contributed by atoms with E-state index < -0.39 is 79.1 Å². The van der Waals surface area contributed by atoms with Crippen LogP contribution in [0.25, 0.3) is 20.9 Å². The largest absolute Gasteiger partial charge is 0.453 e. The molecule has 264 valence electrons. The first kappa shape index (κ1) is 38.9. The Bertz CT molecular complexity index is 1320. The Morgan fingerprint density at radius 1 is 0.792 bits per heavy atom. The van der Waals surface area contributed by atoms with Crippen molar-refractivity contribution in [1.29, 1.82) is 0 Å². The van der Waals surface area contributed by atoms with Crippen LogP contribution in [0.5, 0.6) is 0 Å². The zero-order valence-corrected chi connectivity index (χ0v) is 28.3. The number of carbonyl (C=O) groups excluding carboxylic acids is 3. The zero-order valence-electron chi connectivity index (χ0n) is 28.3. The molecule has 0 spiro atoms. The molecule has 3 fully saturated rings. The van der Waals surface area contributed by atoms with Crippen LogP contribution in [0, 0.1) is 17.8 Å². The van der Waals surface area contributed by atoms with E-state index in [4.69, 9.17) is 38.0 Å². The highest BCUT2D eigenvalue weighted by molar-refractivity contribution is 5.89. The summed E-state index contributed by atoms with van der Waals surface area (Å²) in [5, 5.41) is 18.6. The number of ether oxygens (including phenoxy) is 6. The molecule has 1 aromatic carbocycles. The smallest absolute Gasteiger partial charge is 0.373 e. The molecule has 15 atom stereocenters. The predicted molar refractivity (Wildman–Crippen MR) is 168 cm³/mol. The number of hydrogen-bond donors (Lipinski definition) is 1. The molecule has 16 heteroatoms. The van der Waals surface area contributed by atoms with E-state index >= 15 is 0 Å². The lowest BCUT2D eigenvalue weighted by Crippen LogP contribution is -2.61. The summed E-state index contributed by atoms with van der Waals surface area (Å²) in [5.41, 5.74) is 18.8. The van der Waals surface area contributed by atoms with Crippen molar-refractivity contribution in [2.45, 2.75) is 135 Å². The second-order valence-electron chi connectivity index (χ2n) is 12.4. The number of hydrogen-bond acceptors (Lipinski definition) is 12. The zero-order chi connectivity index (χ0) is 35.5. The lowest BCUT2D eigenvalue weighted by molar-refractivity contribution is -0.341. The van der Waals surface area contributed by atoms with Crippen LogP contribution >= 0.6 is 0 Å². The Kier molecular flexibility index (Phi) is 14.8. The predicted octanol–water partition coefficient (Wildman–Crippen LogP) is 5.10. The van der Waals surface area contributed by atoms with Gasteiger partial charge in [-0.15, -0.1) is 0 Å². The lowest BCUT2D eigenvalue weighted by Gasteiger charge is -2.50. The van der Waals surface area contributed by atoms with Gasteiger partial charge in [0, 0.05) is 15.7 Å². The SMILES string of the molecule is CCC1O[C@H](O[C@@H]2C(C)O[C@H](O[C@@H]3C(CC)O[C@H](C)C(N=[N+]=[N-])[C@H]3C)C(OC(=O)c3ccccc3)[C@H]2C)C(N=[N+]=[N-])[C@@H](C)[C@@H]1O.O=C=O. The van der Waals surface area contributed by atoms with Gasteiger partial charge in [0.15, 0.2) is 18.7 Å². The molecule has 0 aliphatic carbocycles. The average Bonchev–Trinajstić information content (AvgIpc) is 3.07. The number of nitrogens with zero attached hydrogens (tertiary/aromatic N) is 6. The Hall–Kier alpha value is -3.55. The summed E-state index contributed by atoms with van der Waals surface area (Å²) < 4.78 is 38.0. The van der Waals surface area contributed by atoms with Crippen molar-refractivity contribution in [3.8, 4) is 0 Å². The molecule has 3 saturated heterocycles. The Morgan fingerprint density at radius 3 is 1.96 bits per heavy atom. The molecular formula is C32H46N6O10. The van der Waals surface area contributed by atoms with E-state index in [1.54, 1.807) is 31.2 Å². The highest BCUT2D eigenvalue weighted by atomic mass is 16.7. The van der Waals surface area contributed by atoms with E-state index in [1.165, 1.54) is 0 Å². The van der Waals surface area contributed by atoms with Crippen LogP contribution in [-0.2, 0) is 38.0 Å². The van der Waals surface area contributed by atoms with Crippen LogP contribution < -0.4 is 0 Å². The Morgan fingerprint density at radius 2 is 1.38 bits per heavy atom. The highest BCUT2D eigenvalue weighted by Crippen LogP contribution is 2.39. The summed E-state index contributed by atoms with van der Waals surface area (Å²) in [6.07, 6.45) is -5.19. The first-order valence-corrected chi connectivity index (χ1v) is 16.3. The number of aliphatic hydroxyl groups is 1. The van der Waals surface area contributed by atoms with Gasteiger partial charge in [0.05, 0.1) is 60.4 Å². The van der Waals surface area contributed by atoms with Gasteiger partial charge in [0.2, 0.25) is 0 Å². The number of rotatable bonds is 10. The van der Waals surface area contributed by atoms with Crippen LogP contribution in [0.1, 0.15) is 71.7 Å². The molecule has 0 amide bonds. The second-order valence-corrected chi connectivity index (χ2v) is 12.4. The van der Waals surface area contributed by atoms with E-state index in [9.17, 15) is 21.0 Å². The molecule has 1 aromatic rings. The van der Waals surface area contributed by atoms with Gasteiger partial charge < -0.3 is 33.5 Å². The highest BCUT2D eigenvalue weighted by Gasteiger charge is 2.52. The van der Waals surface area contributed by atoms with Gasteiger partial charge in [-0.1, -0.05) is 63.0 Å². The van der Waals surface area contributed by atoms with Gasteiger partial charge >= 0.3 is 12.1 Å². The number of carbonyl (C=O) groups is 1. The molecule has 16 nitrogen and oxygen atoms in total. The topological polar surface area (TPSA) is 224 Å². The van der Waals surface area contributed by atoms with Crippen LogP contribution in [0.2, 0.25) is 0 Å². The van der Waals surface area contributed by atoms with E-state index in [1.807, 2.05) is 47.6 Å². The number of esters is 1. The van der Waals surface area contributed by atoms with E-state index in [-0.39, 0.29) is 24.3 Å². The van der Waals surface area contributed by atoms with Gasteiger partial charge in [-0.05, 0) is 61.7 Å². The second kappa shape index (κ2) is 18.3. The molecule has 3 heterocycles. The molecule has 48 heavy (non-hydrogen) atoms. The van der Waals surface area contributed by atoms with E-state index in [2.05, 4.69) is 20.1 Å². The molecule has 6 unspecified atom stereocenters. The monoisotopic (exact) mass is 674 g/mol. The minimum absolute atomic E-state index is 0.220. The maximum Gasteiger partial charge on any atom is 0.373 e. The molecule has 0 aromatic heterocycles. The summed E-state index contributed by atoms with van der Waals surface area (Å²) in [4.78, 5) is 35.6.